The lowest BCUT2D eigenvalue weighted by atomic mass is 10.3. The van der Waals surface area contributed by atoms with Crippen LogP contribution < -0.4 is 5.32 Å². The highest BCUT2D eigenvalue weighted by molar-refractivity contribution is 5.93. The first-order valence-electron chi connectivity index (χ1n) is 6.53. The lowest BCUT2D eigenvalue weighted by Gasteiger charge is -2.05. The minimum absolute atomic E-state index is 0.0604. The van der Waals surface area contributed by atoms with Crippen LogP contribution in [0.15, 0.2) is 48.9 Å². The van der Waals surface area contributed by atoms with Gasteiger partial charge < -0.3 is 9.72 Å². The molecule has 1 amide bonds. The van der Waals surface area contributed by atoms with Crippen molar-refractivity contribution in [2.75, 3.05) is 6.54 Å². The van der Waals surface area contributed by atoms with Crippen LogP contribution in [0.1, 0.15) is 16.9 Å². The Kier molecular flexibility index (Phi) is 3.45. The van der Waals surface area contributed by atoms with Crippen molar-refractivity contribution in [1.29, 1.82) is 0 Å². The average Bonchev–Trinajstić information content (AvgIpc) is 3.12. The molecule has 0 unspecified atom stereocenters. The van der Waals surface area contributed by atoms with E-state index in [1.54, 1.807) is 10.9 Å². The molecule has 0 atom stereocenters. The van der Waals surface area contributed by atoms with Gasteiger partial charge in [0.15, 0.2) is 0 Å². The average molecular weight is 269 g/mol. The van der Waals surface area contributed by atoms with Crippen LogP contribution in [-0.2, 0) is 6.54 Å². The third-order valence-electron chi connectivity index (χ3n) is 3.12. The predicted molar refractivity (Wildman–Crippen MR) is 74.4 cm³/mol. The Morgan fingerprint density at radius 1 is 1.20 bits per heavy atom. The molecule has 0 aliphatic carbocycles. The summed E-state index contributed by atoms with van der Waals surface area (Å²) in [4.78, 5) is 12.1. The summed E-state index contributed by atoms with van der Waals surface area (Å²) in [6.45, 7) is 1.36. The van der Waals surface area contributed by atoms with Crippen LogP contribution in [0.5, 0.6) is 0 Å². The molecule has 102 valence electrons. The number of rotatable bonds is 5. The molecule has 3 aromatic rings. The Balaban J connectivity index is 1.56. The normalized spacial score (nSPS) is 10.8. The van der Waals surface area contributed by atoms with Gasteiger partial charge in [-0.3, -0.25) is 9.48 Å². The highest BCUT2D eigenvalue weighted by Crippen LogP contribution is 2.09. The fourth-order valence-corrected chi connectivity index (χ4v) is 2.13. The third kappa shape index (κ3) is 2.54. The van der Waals surface area contributed by atoms with Crippen molar-refractivity contribution in [2.45, 2.75) is 13.0 Å². The van der Waals surface area contributed by atoms with E-state index in [-0.39, 0.29) is 5.91 Å². The Morgan fingerprint density at radius 2 is 2.15 bits per heavy atom. The number of fused-ring (bicyclic) bond motifs is 1. The number of amides is 1. The van der Waals surface area contributed by atoms with Gasteiger partial charge in [-0.05, 0) is 30.7 Å². The van der Waals surface area contributed by atoms with Gasteiger partial charge in [0.1, 0.15) is 5.69 Å². The maximum atomic E-state index is 12.1. The first-order valence-corrected chi connectivity index (χ1v) is 6.53. The largest absolute Gasteiger partial charge is 0.351 e. The molecule has 6 heteroatoms. The van der Waals surface area contributed by atoms with Crippen LogP contribution in [0.2, 0.25) is 0 Å². The van der Waals surface area contributed by atoms with Gasteiger partial charge in [0.2, 0.25) is 0 Å². The number of carbonyl (C=O) groups is 1. The second-order valence-electron chi connectivity index (χ2n) is 4.49. The van der Waals surface area contributed by atoms with Gasteiger partial charge in [0, 0.05) is 31.0 Å². The fraction of sp³-hybridized carbons (Fsp3) is 0.214. The van der Waals surface area contributed by atoms with Gasteiger partial charge in [-0.25, -0.2) is 0 Å². The van der Waals surface area contributed by atoms with Crippen molar-refractivity contribution in [3.05, 3.63) is 54.6 Å². The minimum atomic E-state index is -0.0604. The number of nitrogens with zero attached hydrogens (tertiary/aromatic N) is 4. The van der Waals surface area contributed by atoms with Crippen LogP contribution >= 0.6 is 0 Å². The standard InChI is InChI=1S/C14H15N5O/c20-14(15-7-3-9-18-11-8-16-17-18)13-6-5-12-4-1-2-10-19(12)13/h1-2,4-6,8,10-11H,3,7,9H2,(H,15,20). The lowest BCUT2D eigenvalue weighted by Crippen LogP contribution is -2.26. The molecule has 0 saturated carbocycles. The van der Waals surface area contributed by atoms with E-state index >= 15 is 0 Å². The molecular formula is C14H15N5O. The smallest absolute Gasteiger partial charge is 0.268 e. The number of aromatic nitrogens is 4. The van der Waals surface area contributed by atoms with Crippen LogP contribution in [0.3, 0.4) is 0 Å². The van der Waals surface area contributed by atoms with E-state index in [4.69, 9.17) is 0 Å². The molecule has 0 aromatic carbocycles. The maximum Gasteiger partial charge on any atom is 0.268 e. The van der Waals surface area contributed by atoms with Gasteiger partial charge in [-0.2, -0.15) is 0 Å². The minimum Gasteiger partial charge on any atom is -0.351 e. The van der Waals surface area contributed by atoms with Crippen molar-refractivity contribution in [2.24, 2.45) is 0 Å². The second-order valence-corrected chi connectivity index (χ2v) is 4.49. The Labute approximate surface area is 116 Å². The van der Waals surface area contributed by atoms with Crippen molar-refractivity contribution in [3.8, 4) is 0 Å². The SMILES string of the molecule is O=C(NCCCn1ccnn1)c1ccc2ccccn12. The number of pyridine rings is 1. The first kappa shape index (κ1) is 12.4. The number of aryl methyl sites for hydroxylation is 1. The van der Waals surface area contributed by atoms with E-state index in [0.717, 1.165) is 18.5 Å². The molecule has 6 nitrogen and oxygen atoms in total. The second kappa shape index (κ2) is 5.56. The zero-order chi connectivity index (χ0) is 13.8. The number of hydrogen-bond donors (Lipinski definition) is 1. The molecule has 1 N–H and O–H groups in total. The summed E-state index contributed by atoms with van der Waals surface area (Å²) in [6, 6.07) is 9.61. The summed E-state index contributed by atoms with van der Waals surface area (Å²) in [5.74, 6) is -0.0604. The highest BCUT2D eigenvalue weighted by atomic mass is 16.1. The van der Waals surface area contributed by atoms with Gasteiger partial charge in [-0.1, -0.05) is 11.3 Å². The van der Waals surface area contributed by atoms with Crippen molar-refractivity contribution < 1.29 is 4.79 Å². The summed E-state index contributed by atoms with van der Waals surface area (Å²) in [5, 5.41) is 10.5. The van der Waals surface area contributed by atoms with Gasteiger partial charge >= 0.3 is 0 Å². The Morgan fingerprint density at radius 3 is 3.00 bits per heavy atom. The molecule has 3 heterocycles. The predicted octanol–water partition coefficient (Wildman–Crippen LogP) is 1.35. The molecule has 3 rings (SSSR count). The molecule has 0 saturated heterocycles. The molecule has 3 aromatic heterocycles. The Bertz CT molecular complexity index is 701. The van der Waals surface area contributed by atoms with Gasteiger partial charge in [0.25, 0.3) is 5.91 Å². The number of hydrogen-bond acceptors (Lipinski definition) is 3. The van der Waals surface area contributed by atoms with E-state index < -0.39 is 0 Å². The summed E-state index contributed by atoms with van der Waals surface area (Å²) >= 11 is 0. The van der Waals surface area contributed by atoms with E-state index in [2.05, 4.69) is 15.6 Å². The van der Waals surface area contributed by atoms with E-state index in [0.29, 0.717) is 12.2 Å². The summed E-state index contributed by atoms with van der Waals surface area (Å²) in [7, 11) is 0. The molecule has 0 radical (unpaired) electrons. The van der Waals surface area contributed by atoms with E-state index in [9.17, 15) is 4.79 Å². The summed E-state index contributed by atoms with van der Waals surface area (Å²) < 4.78 is 3.63. The maximum absolute atomic E-state index is 12.1. The first-order chi connectivity index (χ1) is 9.84. The molecular weight excluding hydrogens is 254 g/mol. The van der Waals surface area contributed by atoms with Crippen molar-refractivity contribution in [3.63, 3.8) is 0 Å². The van der Waals surface area contributed by atoms with Crippen LogP contribution in [0.25, 0.3) is 5.52 Å². The Hall–Kier alpha value is -2.63. The molecule has 20 heavy (non-hydrogen) atoms. The monoisotopic (exact) mass is 269 g/mol. The van der Waals surface area contributed by atoms with Gasteiger partial charge in [-0.15, -0.1) is 5.10 Å². The number of nitrogens with one attached hydrogen (secondary N) is 1. The molecule has 0 bridgehead atoms. The molecule has 0 aliphatic rings. The fourth-order valence-electron chi connectivity index (χ4n) is 2.13. The van der Waals surface area contributed by atoms with Crippen LogP contribution in [-0.4, -0.2) is 31.8 Å². The third-order valence-corrected chi connectivity index (χ3v) is 3.12. The topological polar surface area (TPSA) is 64.2 Å². The quantitative estimate of drug-likeness (QED) is 0.711. The van der Waals surface area contributed by atoms with E-state index in [1.165, 1.54) is 0 Å². The van der Waals surface area contributed by atoms with Gasteiger partial charge in [0.05, 0.1) is 6.20 Å². The molecule has 0 fully saturated rings. The van der Waals surface area contributed by atoms with Crippen LogP contribution in [0.4, 0.5) is 0 Å². The van der Waals surface area contributed by atoms with Crippen LogP contribution in [0, 0.1) is 0 Å². The highest BCUT2D eigenvalue weighted by Gasteiger charge is 2.09. The lowest BCUT2D eigenvalue weighted by molar-refractivity contribution is 0.0947. The van der Waals surface area contributed by atoms with Crippen molar-refractivity contribution in [1.82, 2.24) is 24.7 Å². The van der Waals surface area contributed by atoms with E-state index in [1.807, 2.05) is 47.1 Å². The summed E-state index contributed by atoms with van der Waals surface area (Å²) in [5.41, 5.74) is 1.67. The zero-order valence-corrected chi connectivity index (χ0v) is 10.9. The zero-order valence-electron chi connectivity index (χ0n) is 10.9. The molecule has 0 spiro atoms. The summed E-state index contributed by atoms with van der Waals surface area (Å²) in [6.07, 6.45) is 6.16. The number of carbonyl (C=O) groups excluding carboxylic acids is 1. The van der Waals surface area contributed by atoms with Crippen molar-refractivity contribution >= 4 is 11.4 Å². The molecule has 0 aliphatic heterocycles.